The van der Waals surface area contributed by atoms with E-state index in [4.69, 9.17) is 4.74 Å². The molecule has 1 aliphatic carbocycles. The fourth-order valence-electron chi connectivity index (χ4n) is 3.23. The second-order valence-corrected chi connectivity index (χ2v) is 5.59. The zero-order valence-electron chi connectivity index (χ0n) is 12.8. The summed E-state index contributed by atoms with van der Waals surface area (Å²) in [6, 6.07) is 0.266. The van der Waals surface area contributed by atoms with Gasteiger partial charge in [-0.1, -0.05) is 39.0 Å². The summed E-state index contributed by atoms with van der Waals surface area (Å²) in [6.07, 6.45) is 12.8. The molecule has 1 heterocycles. The fraction of sp³-hybridized carbons (Fsp3) is 0.750. The zero-order valence-corrected chi connectivity index (χ0v) is 12.8. The van der Waals surface area contributed by atoms with E-state index in [-0.39, 0.29) is 6.04 Å². The van der Waals surface area contributed by atoms with Gasteiger partial charge in [0.25, 0.3) is 0 Å². The summed E-state index contributed by atoms with van der Waals surface area (Å²) in [7, 11) is 1.68. The molecule has 20 heavy (non-hydrogen) atoms. The standard InChI is InChI=1S/C16H27N3O/c1-3-17-14(13-9-7-5-4-6-8-10-13)15-16(20-2)19-12-11-18-15/h11-14,17H,3-10H2,1-2H3. The molecule has 0 bridgehead atoms. The van der Waals surface area contributed by atoms with E-state index in [9.17, 15) is 0 Å². The zero-order chi connectivity index (χ0) is 14.2. The van der Waals surface area contributed by atoms with E-state index in [1.807, 2.05) is 0 Å². The van der Waals surface area contributed by atoms with Gasteiger partial charge in [-0.15, -0.1) is 0 Å². The van der Waals surface area contributed by atoms with E-state index in [2.05, 4.69) is 22.2 Å². The predicted octanol–water partition coefficient (Wildman–Crippen LogP) is 3.50. The molecule has 1 fully saturated rings. The second-order valence-electron chi connectivity index (χ2n) is 5.59. The molecule has 0 spiro atoms. The van der Waals surface area contributed by atoms with Crippen LogP contribution in [0.25, 0.3) is 0 Å². The minimum Gasteiger partial charge on any atom is -0.480 e. The number of nitrogens with one attached hydrogen (secondary N) is 1. The first-order chi connectivity index (χ1) is 9.86. The van der Waals surface area contributed by atoms with Gasteiger partial charge >= 0.3 is 0 Å². The summed E-state index contributed by atoms with van der Waals surface area (Å²) < 4.78 is 5.41. The van der Waals surface area contributed by atoms with Gasteiger partial charge in [-0.05, 0) is 25.3 Å². The molecule has 1 saturated carbocycles. The van der Waals surface area contributed by atoms with E-state index in [1.165, 1.54) is 44.9 Å². The van der Waals surface area contributed by atoms with Gasteiger partial charge in [-0.2, -0.15) is 0 Å². The highest BCUT2D eigenvalue weighted by molar-refractivity contribution is 5.22. The number of hydrogen-bond donors (Lipinski definition) is 1. The molecule has 4 heteroatoms. The highest BCUT2D eigenvalue weighted by Crippen LogP contribution is 2.34. The minimum absolute atomic E-state index is 0.266. The Morgan fingerprint density at radius 1 is 1.15 bits per heavy atom. The van der Waals surface area contributed by atoms with Crippen LogP contribution in [0.4, 0.5) is 0 Å². The lowest BCUT2D eigenvalue weighted by molar-refractivity contribution is 0.276. The Bertz CT molecular complexity index is 389. The molecule has 0 saturated heterocycles. The number of aromatic nitrogens is 2. The maximum atomic E-state index is 5.41. The molecule has 1 N–H and O–H groups in total. The monoisotopic (exact) mass is 277 g/mol. The molecule has 4 nitrogen and oxygen atoms in total. The van der Waals surface area contributed by atoms with Crippen molar-refractivity contribution in [3.05, 3.63) is 18.1 Å². The number of hydrogen-bond acceptors (Lipinski definition) is 4. The molecule has 1 atom stereocenters. The van der Waals surface area contributed by atoms with Crippen LogP contribution in [0.2, 0.25) is 0 Å². The highest BCUT2D eigenvalue weighted by atomic mass is 16.5. The minimum atomic E-state index is 0.266. The van der Waals surface area contributed by atoms with Gasteiger partial charge in [0.05, 0.1) is 13.2 Å². The molecule has 1 unspecified atom stereocenters. The first kappa shape index (κ1) is 15.2. The Balaban J connectivity index is 2.19. The van der Waals surface area contributed by atoms with E-state index in [1.54, 1.807) is 19.5 Å². The Labute approximate surface area is 122 Å². The number of methoxy groups -OCH3 is 1. The first-order valence-electron chi connectivity index (χ1n) is 7.95. The maximum Gasteiger partial charge on any atom is 0.237 e. The fourth-order valence-corrected chi connectivity index (χ4v) is 3.23. The highest BCUT2D eigenvalue weighted by Gasteiger charge is 2.27. The third kappa shape index (κ3) is 3.92. The van der Waals surface area contributed by atoms with E-state index in [0.29, 0.717) is 11.8 Å². The van der Waals surface area contributed by atoms with Crippen molar-refractivity contribution in [1.29, 1.82) is 0 Å². The van der Waals surface area contributed by atoms with Gasteiger partial charge < -0.3 is 10.1 Å². The van der Waals surface area contributed by atoms with Crippen LogP contribution in [0, 0.1) is 5.92 Å². The molecule has 112 valence electrons. The van der Waals surface area contributed by atoms with Gasteiger partial charge in [0.1, 0.15) is 5.69 Å². The number of rotatable bonds is 5. The summed E-state index contributed by atoms with van der Waals surface area (Å²) in [4.78, 5) is 8.86. The van der Waals surface area contributed by atoms with Crippen molar-refractivity contribution in [1.82, 2.24) is 15.3 Å². The normalized spacial score (nSPS) is 19.1. The average molecular weight is 277 g/mol. The first-order valence-corrected chi connectivity index (χ1v) is 7.95. The molecular weight excluding hydrogens is 250 g/mol. The topological polar surface area (TPSA) is 47.0 Å². The van der Waals surface area contributed by atoms with Crippen LogP contribution in [-0.4, -0.2) is 23.6 Å². The second kappa shape index (κ2) is 8.20. The van der Waals surface area contributed by atoms with E-state index >= 15 is 0 Å². The third-order valence-corrected chi connectivity index (χ3v) is 4.22. The Morgan fingerprint density at radius 3 is 2.45 bits per heavy atom. The maximum absolute atomic E-state index is 5.41. The summed E-state index contributed by atoms with van der Waals surface area (Å²) in [5, 5.41) is 3.61. The quantitative estimate of drug-likeness (QED) is 0.895. The van der Waals surface area contributed by atoms with Crippen LogP contribution in [0.5, 0.6) is 5.88 Å². The van der Waals surface area contributed by atoms with Crippen molar-refractivity contribution in [3.8, 4) is 5.88 Å². The largest absolute Gasteiger partial charge is 0.480 e. The lowest BCUT2D eigenvalue weighted by Gasteiger charge is -2.29. The molecule has 0 amide bonds. The van der Waals surface area contributed by atoms with Crippen LogP contribution >= 0.6 is 0 Å². The lowest BCUT2D eigenvalue weighted by Crippen LogP contribution is -2.30. The van der Waals surface area contributed by atoms with Gasteiger partial charge in [-0.25, -0.2) is 4.98 Å². The van der Waals surface area contributed by atoms with Crippen LogP contribution in [0.15, 0.2) is 12.4 Å². The number of ether oxygens (including phenoxy) is 1. The summed E-state index contributed by atoms with van der Waals surface area (Å²) >= 11 is 0. The van der Waals surface area contributed by atoms with Crippen molar-refractivity contribution in [2.75, 3.05) is 13.7 Å². The van der Waals surface area contributed by atoms with Crippen LogP contribution in [-0.2, 0) is 0 Å². The van der Waals surface area contributed by atoms with Crippen molar-refractivity contribution in [3.63, 3.8) is 0 Å². The number of nitrogens with zero attached hydrogens (tertiary/aromatic N) is 2. The van der Waals surface area contributed by atoms with E-state index < -0.39 is 0 Å². The Hall–Kier alpha value is -1.16. The van der Waals surface area contributed by atoms with Crippen molar-refractivity contribution in [2.24, 2.45) is 5.92 Å². The van der Waals surface area contributed by atoms with Crippen molar-refractivity contribution < 1.29 is 4.74 Å². The molecule has 2 rings (SSSR count). The smallest absolute Gasteiger partial charge is 0.237 e. The SMILES string of the molecule is CCNC(c1nccnc1OC)C1CCCCCCC1. The van der Waals surface area contributed by atoms with Crippen LogP contribution in [0.1, 0.15) is 63.6 Å². The summed E-state index contributed by atoms with van der Waals surface area (Å²) in [5.74, 6) is 1.31. The third-order valence-electron chi connectivity index (χ3n) is 4.22. The summed E-state index contributed by atoms with van der Waals surface area (Å²) in [6.45, 7) is 3.10. The Morgan fingerprint density at radius 2 is 1.80 bits per heavy atom. The predicted molar refractivity (Wildman–Crippen MR) is 80.8 cm³/mol. The molecule has 0 aromatic carbocycles. The summed E-state index contributed by atoms with van der Waals surface area (Å²) in [5.41, 5.74) is 0.974. The molecule has 0 radical (unpaired) electrons. The van der Waals surface area contributed by atoms with Crippen LogP contribution < -0.4 is 10.1 Å². The van der Waals surface area contributed by atoms with Gasteiger partial charge in [0.2, 0.25) is 5.88 Å². The molecular formula is C16H27N3O. The van der Waals surface area contributed by atoms with Crippen molar-refractivity contribution in [2.45, 2.75) is 57.9 Å². The molecule has 0 aliphatic heterocycles. The van der Waals surface area contributed by atoms with Gasteiger partial charge in [-0.3, -0.25) is 4.98 Å². The van der Waals surface area contributed by atoms with E-state index in [0.717, 1.165) is 12.2 Å². The van der Waals surface area contributed by atoms with Gasteiger partial charge in [0, 0.05) is 12.4 Å². The van der Waals surface area contributed by atoms with Crippen molar-refractivity contribution >= 4 is 0 Å². The average Bonchev–Trinajstić information content (AvgIpc) is 2.45. The lowest BCUT2D eigenvalue weighted by atomic mass is 9.84. The molecule has 1 aliphatic rings. The van der Waals surface area contributed by atoms with Gasteiger partial charge in [0.15, 0.2) is 0 Å². The molecule has 1 aromatic rings. The van der Waals surface area contributed by atoms with Crippen LogP contribution in [0.3, 0.4) is 0 Å². The Kier molecular flexibility index (Phi) is 6.25. The molecule has 1 aromatic heterocycles.